The van der Waals surface area contributed by atoms with E-state index in [-0.39, 0.29) is 11.9 Å². The lowest BCUT2D eigenvalue weighted by atomic mass is 10.0. The molecule has 0 aromatic carbocycles. The minimum Gasteiger partial charge on any atom is -0.443 e. The van der Waals surface area contributed by atoms with E-state index < -0.39 is 11.7 Å². The van der Waals surface area contributed by atoms with E-state index >= 15 is 0 Å². The van der Waals surface area contributed by atoms with Crippen LogP contribution in [0.5, 0.6) is 0 Å². The Kier molecular flexibility index (Phi) is 4.35. The van der Waals surface area contributed by atoms with Crippen molar-refractivity contribution >= 4 is 27.9 Å². The second-order valence-electron chi connectivity index (χ2n) is 4.94. The summed E-state index contributed by atoms with van der Waals surface area (Å²) in [5.41, 5.74) is -0.564. The van der Waals surface area contributed by atoms with Crippen LogP contribution < -0.4 is 0 Å². The first-order valence-electron chi connectivity index (χ1n) is 5.46. The molecule has 4 nitrogen and oxygen atoms in total. The molecule has 1 fully saturated rings. The fraction of sp³-hybridized carbons (Fsp3) is 0.818. The van der Waals surface area contributed by atoms with Crippen LogP contribution in [-0.4, -0.2) is 33.9 Å². The summed E-state index contributed by atoms with van der Waals surface area (Å²) in [6, 6.07) is -0.0731. The minimum absolute atomic E-state index is 0.0731. The molecule has 0 N–H and O–H groups in total. The smallest absolute Gasteiger partial charge is 0.417 e. The van der Waals surface area contributed by atoms with Crippen LogP contribution >= 0.6 is 15.9 Å². The highest BCUT2D eigenvalue weighted by atomic mass is 79.9. The molecule has 1 heterocycles. The second kappa shape index (κ2) is 5.17. The molecular weight excluding hydrogens is 274 g/mol. The molecular formula is C11H18BrNO3. The average molecular weight is 292 g/mol. The number of ether oxygens (including phenoxy) is 1. The van der Waals surface area contributed by atoms with Gasteiger partial charge in [-0.25, -0.2) is 9.69 Å². The number of hydrogen-bond acceptors (Lipinski definition) is 3. The number of halogens is 1. The Labute approximate surface area is 104 Å². The number of alkyl halides is 1. The fourth-order valence-corrected chi connectivity index (χ4v) is 2.26. The largest absolute Gasteiger partial charge is 0.443 e. The maximum Gasteiger partial charge on any atom is 0.417 e. The third-order valence-corrected chi connectivity index (χ3v) is 3.08. The lowest BCUT2D eigenvalue weighted by molar-refractivity contribution is -0.134. The van der Waals surface area contributed by atoms with Crippen molar-refractivity contribution in [1.82, 2.24) is 4.90 Å². The summed E-state index contributed by atoms with van der Waals surface area (Å²) >= 11 is 3.33. The monoisotopic (exact) mass is 291 g/mol. The van der Waals surface area contributed by atoms with Crippen LogP contribution in [0, 0.1) is 0 Å². The Morgan fingerprint density at radius 3 is 2.69 bits per heavy atom. The molecule has 1 atom stereocenters. The van der Waals surface area contributed by atoms with Gasteiger partial charge in [-0.2, -0.15) is 0 Å². The fourth-order valence-electron chi connectivity index (χ4n) is 1.65. The highest BCUT2D eigenvalue weighted by Gasteiger charge is 2.35. The van der Waals surface area contributed by atoms with Crippen molar-refractivity contribution in [3.63, 3.8) is 0 Å². The standard InChI is InChI=1S/C11H18BrNO3/c1-11(2,3)16-10(15)13-8(7-12)5-4-6-9(13)14/h8H,4-7H2,1-3H3. The van der Waals surface area contributed by atoms with Gasteiger partial charge < -0.3 is 4.74 Å². The average Bonchev–Trinajstić information content (AvgIpc) is 2.14. The molecule has 0 aromatic rings. The zero-order valence-electron chi connectivity index (χ0n) is 9.96. The first-order valence-corrected chi connectivity index (χ1v) is 6.58. The predicted molar refractivity (Wildman–Crippen MR) is 64.5 cm³/mol. The van der Waals surface area contributed by atoms with E-state index in [1.54, 1.807) is 20.8 Å². The van der Waals surface area contributed by atoms with Gasteiger partial charge >= 0.3 is 6.09 Å². The van der Waals surface area contributed by atoms with Crippen LogP contribution in [0.25, 0.3) is 0 Å². The van der Waals surface area contributed by atoms with Gasteiger partial charge in [0.05, 0.1) is 6.04 Å². The summed E-state index contributed by atoms with van der Waals surface area (Å²) in [6.07, 6.45) is 1.59. The van der Waals surface area contributed by atoms with Crippen molar-refractivity contribution in [3.05, 3.63) is 0 Å². The van der Waals surface area contributed by atoms with E-state index in [1.807, 2.05) is 0 Å². The van der Waals surface area contributed by atoms with E-state index in [9.17, 15) is 9.59 Å². The zero-order valence-corrected chi connectivity index (χ0v) is 11.5. The third-order valence-electron chi connectivity index (χ3n) is 2.33. The van der Waals surface area contributed by atoms with Gasteiger partial charge in [0.15, 0.2) is 0 Å². The molecule has 92 valence electrons. The molecule has 2 amide bonds. The van der Waals surface area contributed by atoms with E-state index in [2.05, 4.69) is 15.9 Å². The SMILES string of the molecule is CC(C)(C)OC(=O)N1C(=O)CCCC1CBr. The van der Waals surface area contributed by atoms with Crippen molar-refractivity contribution in [2.24, 2.45) is 0 Å². The predicted octanol–water partition coefficient (Wildman–Crippen LogP) is 2.70. The molecule has 16 heavy (non-hydrogen) atoms. The molecule has 1 rings (SSSR count). The molecule has 1 aliphatic rings. The Morgan fingerprint density at radius 1 is 1.56 bits per heavy atom. The van der Waals surface area contributed by atoms with Gasteiger partial charge in [-0.1, -0.05) is 15.9 Å². The Bertz CT molecular complexity index is 285. The van der Waals surface area contributed by atoms with Gasteiger partial charge in [0.25, 0.3) is 0 Å². The van der Waals surface area contributed by atoms with Gasteiger partial charge in [0, 0.05) is 11.8 Å². The highest BCUT2D eigenvalue weighted by molar-refractivity contribution is 9.09. The zero-order chi connectivity index (χ0) is 12.3. The van der Waals surface area contributed by atoms with Crippen LogP contribution in [0.3, 0.4) is 0 Å². The number of hydrogen-bond donors (Lipinski definition) is 0. The lowest BCUT2D eigenvalue weighted by Crippen LogP contribution is -2.50. The van der Waals surface area contributed by atoms with E-state index in [0.717, 1.165) is 12.8 Å². The molecule has 0 aromatic heterocycles. The van der Waals surface area contributed by atoms with E-state index in [0.29, 0.717) is 11.8 Å². The third kappa shape index (κ3) is 3.47. The number of carbonyl (C=O) groups is 2. The van der Waals surface area contributed by atoms with E-state index in [4.69, 9.17) is 4.74 Å². The van der Waals surface area contributed by atoms with Gasteiger partial charge in [-0.3, -0.25) is 4.79 Å². The van der Waals surface area contributed by atoms with Crippen LogP contribution in [0.1, 0.15) is 40.0 Å². The van der Waals surface area contributed by atoms with Gasteiger partial charge in [-0.15, -0.1) is 0 Å². The van der Waals surface area contributed by atoms with Crippen molar-refractivity contribution < 1.29 is 14.3 Å². The summed E-state index contributed by atoms with van der Waals surface area (Å²) in [6.45, 7) is 5.38. The number of piperidine rings is 1. The normalized spacial score (nSPS) is 22.1. The number of carbonyl (C=O) groups excluding carboxylic acids is 2. The summed E-state index contributed by atoms with van der Waals surface area (Å²) < 4.78 is 5.22. The first-order chi connectivity index (χ1) is 7.35. The van der Waals surface area contributed by atoms with Crippen molar-refractivity contribution in [2.45, 2.75) is 51.7 Å². The molecule has 0 saturated carbocycles. The van der Waals surface area contributed by atoms with Crippen LogP contribution in [-0.2, 0) is 9.53 Å². The van der Waals surface area contributed by atoms with E-state index in [1.165, 1.54) is 4.90 Å². The lowest BCUT2D eigenvalue weighted by Gasteiger charge is -2.34. The molecule has 0 bridgehead atoms. The van der Waals surface area contributed by atoms with Crippen molar-refractivity contribution in [1.29, 1.82) is 0 Å². The first kappa shape index (κ1) is 13.5. The molecule has 0 spiro atoms. The molecule has 0 aliphatic carbocycles. The number of rotatable bonds is 1. The maximum absolute atomic E-state index is 11.9. The maximum atomic E-state index is 11.9. The topological polar surface area (TPSA) is 46.6 Å². The van der Waals surface area contributed by atoms with Crippen molar-refractivity contribution in [3.8, 4) is 0 Å². The second-order valence-corrected chi connectivity index (χ2v) is 5.59. The molecule has 1 unspecified atom stereocenters. The number of nitrogens with zero attached hydrogens (tertiary/aromatic N) is 1. The Hall–Kier alpha value is -0.580. The number of imide groups is 1. The highest BCUT2D eigenvalue weighted by Crippen LogP contribution is 2.22. The van der Waals surface area contributed by atoms with Crippen molar-refractivity contribution in [2.75, 3.05) is 5.33 Å². The van der Waals surface area contributed by atoms with Gasteiger partial charge in [0.2, 0.25) is 5.91 Å². The van der Waals surface area contributed by atoms with Gasteiger partial charge in [0.1, 0.15) is 5.60 Å². The Morgan fingerprint density at radius 2 is 2.19 bits per heavy atom. The Balaban J connectivity index is 2.74. The summed E-state index contributed by atoms with van der Waals surface area (Å²) in [5.74, 6) is -0.134. The van der Waals surface area contributed by atoms with Gasteiger partial charge in [-0.05, 0) is 33.6 Å². The number of likely N-dealkylation sites (tertiary alicyclic amines) is 1. The number of amides is 2. The molecule has 0 radical (unpaired) electrons. The molecule has 5 heteroatoms. The summed E-state index contributed by atoms with van der Waals surface area (Å²) in [5, 5.41) is 0.609. The van der Waals surface area contributed by atoms with Crippen LogP contribution in [0.15, 0.2) is 0 Å². The van der Waals surface area contributed by atoms with Crippen LogP contribution in [0.4, 0.5) is 4.79 Å². The molecule has 1 saturated heterocycles. The summed E-state index contributed by atoms with van der Waals surface area (Å²) in [4.78, 5) is 24.8. The molecule has 1 aliphatic heterocycles. The quantitative estimate of drug-likeness (QED) is 0.698. The minimum atomic E-state index is -0.564. The summed E-state index contributed by atoms with van der Waals surface area (Å²) in [7, 11) is 0. The van der Waals surface area contributed by atoms with Crippen LogP contribution in [0.2, 0.25) is 0 Å².